The molecule has 1 rings (SSSR count). The predicted octanol–water partition coefficient (Wildman–Crippen LogP) is 2.66. The topological polar surface area (TPSA) is 58.4 Å². The largest absolute Gasteiger partial charge is 0.423 e. The summed E-state index contributed by atoms with van der Waals surface area (Å²) in [5, 5.41) is 13.6. The first-order valence-electron chi connectivity index (χ1n) is 5.98. The molecule has 1 N–H and O–H groups in total. The van der Waals surface area contributed by atoms with Crippen LogP contribution in [-0.4, -0.2) is 32.1 Å². The second-order valence-corrected chi connectivity index (χ2v) is 4.33. The van der Waals surface area contributed by atoms with Gasteiger partial charge in [-0.15, -0.1) is 0 Å². The monoisotopic (exact) mass is 291 g/mol. The summed E-state index contributed by atoms with van der Waals surface area (Å²) in [6, 6.07) is 3.04. The molecule has 0 aliphatic rings. The van der Waals surface area contributed by atoms with Gasteiger partial charge in [0.15, 0.2) is 0 Å². The normalized spacial score (nSPS) is 11.4. The summed E-state index contributed by atoms with van der Waals surface area (Å²) >= 11 is 0. The highest BCUT2D eigenvalue weighted by Gasteiger charge is 2.38. The first kappa shape index (κ1) is 16.2. The Bertz CT molecular complexity index is 478. The third kappa shape index (κ3) is 4.09. The van der Waals surface area contributed by atoms with E-state index in [9.17, 15) is 23.3 Å². The van der Waals surface area contributed by atoms with Crippen molar-refractivity contribution in [3.63, 3.8) is 0 Å². The van der Waals surface area contributed by atoms with E-state index in [0.29, 0.717) is 12.2 Å². The third-order valence-corrected chi connectivity index (χ3v) is 2.84. The SMILES string of the molecule is CNCCCN(C)c1ccc([N+](=O)[O-])c(C(F)(F)F)c1. The van der Waals surface area contributed by atoms with Crippen molar-refractivity contribution in [2.75, 3.05) is 32.1 Å². The molecular weight excluding hydrogens is 275 g/mol. The molecule has 0 unspecified atom stereocenters. The number of nitrogens with zero attached hydrogens (tertiary/aromatic N) is 2. The molecule has 0 radical (unpaired) electrons. The van der Waals surface area contributed by atoms with E-state index < -0.39 is 22.4 Å². The number of hydrogen-bond acceptors (Lipinski definition) is 4. The number of rotatable bonds is 6. The van der Waals surface area contributed by atoms with Gasteiger partial charge in [-0.25, -0.2) is 0 Å². The standard InChI is InChI=1S/C12H16F3N3O2/c1-16-6-3-7-17(2)9-4-5-11(18(19)20)10(8-9)12(13,14)15/h4-5,8,16H,3,6-7H2,1-2H3. The van der Waals surface area contributed by atoms with E-state index in [1.54, 1.807) is 19.0 Å². The van der Waals surface area contributed by atoms with Gasteiger partial charge in [0, 0.05) is 25.3 Å². The molecule has 0 fully saturated rings. The van der Waals surface area contributed by atoms with Crippen LogP contribution < -0.4 is 10.2 Å². The van der Waals surface area contributed by atoms with Crippen LogP contribution in [0.4, 0.5) is 24.5 Å². The van der Waals surface area contributed by atoms with Crippen LogP contribution >= 0.6 is 0 Å². The number of halogens is 3. The summed E-state index contributed by atoms with van der Waals surface area (Å²) in [4.78, 5) is 11.3. The molecule has 0 amide bonds. The number of nitro groups is 1. The van der Waals surface area contributed by atoms with E-state index in [0.717, 1.165) is 25.1 Å². The first-order valence-corrected chi connectivity index (χ1v) is 5.98. The van der Waals surface area contributed by atoms with Crippen molar-refractivity contribution in [1.82, 2.24) is 5.32 Å². The minimum Gasteiger partial charge on any atom is -0.375 e. The first-order chi connectivity index (χ1) is 9.27. The molecule has 1 aromatic carbocycles. The van der Waals surface area contributed by atoms with Gasteiger partial charge in [-0.05, 0) is 32.1 Å². The van der Waals surface area contributed by atoms with Crippen molar-refractivity contribution < 1.29 is 18.1 Å². The average Bonchev–Trinajstić information content (AvgIpc) is 2.37. The lowest BCUT2D eigenvalue weighted by Crippen LogP contribution is -2.22. The van der Waals surface area contributed by atoms with Crippen LogP contribution in [-0.2, 0) is 6.18 Å². The molecule has 20 heavy (non-hydrogen) atoms. The Morgan fingerprint density at radius 1 is 1.40 bits per heavy atom. The molecule has 5 nitrogen and oxygen atoms in total. The molecule has 112 valence electrons. The van der Waals surface area contributed by atoms with Crippen LogP contribution in [0.1, 0.15) is 12.0 Å². The number of anilines is 1. The Hall–Kier alpha value is -1.83. The van der Waals surface area contributed by atoms with Crippen molar-refractivity contribution in [2.45, 2.75) is 12.6 Å². The van der Waals surface area contributed by atoms with Gasteiger partial charge in [-0.1, -0.05) is 0 Å². The maximum absolute atomic E-state index is 12.8. The Kier molecular flexibility index (Phi) is 5.32. The fourth-order valence-corrected chi connectivity index (χ4v) is 1.77. The van der Waals surface area contributed by atoms with Crippen LogP contribution in [0, 0.1) is 10.1 Å². The number of hydrogen-bond donors (Lipinski definition) is 1. The smallest absolute Gasteiger partial charge is 0.375 e. The molecule has 0 aliphatic heterocycles. The van der Waals surface area contributed by atoms with E-state index in [4.69, 9.17) is 0 Å². The van der Waals surface area contributed by atoms with Gasteiger partial charge >= 0.3 is 6.18 Å². The summed E-state index contributed by atoms with van der Waals surface area (Å²) in [5.41, 5.74) is -1.84. The second kappa shape index (κ2) is 6.56. The van der Waals surface area contributed by atoms with E-state index in [1.807, 2.05) is 0 Å². The average molecular weight is 291 g/mol. The van der Waals surface area contributed by atoms with Gasteiger partial charge in [0.25, 0.3) is 5.69 Å². The van der Waals surface area contributed by atoms with Crippen molar-refractivity contribution in [2.24, 2.45) is 0 Å². The van der Waals surface area contributed by atoms with Crippen molar-refractivity contribution >= 4 is 11.4 Å². The predicted molar refractivity (Wildman–Crippen MR) is 69.9 cm³/mol. The maximum atomic E-state index is 12.8. The van der Waals surface area contributed by atoms with Crippen LogP contribution in [0.3, 0.4) is 0 Å². The van der Waals surface area contributed by atoms with E-state index in [2.05, 4.69) is 5.32 Å². The molecule has 0 saturated heterocycles. The highest BCUT2D eigenvalue weighted by Crippen LogP contribution is 2.38. The highest BCUT2D eigenvalue weighted by atomic mass is 19.4. The minimum atomic E-state index is -4.75. The van der Waals surface area contributed by atoms with Crippen LogP contribution in [0.25, 0.3) is 0 Å². The van der Waals surface area contributed by atoms with Gasteiger partial charge in [-0.2, -0.15) is 13.2 Å². The Morgan fingerprint density at radius 3 is 2.55 bits per heavy atom. The lowest BCUT2D eigenvalue weighted by atomic mass is 10.1. The molecule has 8 heteroatoms. The third-order valence-electron chi connectivity index (χ3n) is 2.84. The fraction of sp³-hybridized carbons (Fsp3) is 0.500. The van der Waals surface area contributed by atoms with Gasteiger partial charge in [0.05, 0.1) is 4.92 Å². The lowest BCUT2D eigenvalue weighted by molar-refractivity contribution is -0.388. The molecule has 1 aromatic rings. The molecule has 0 spiro atoms. The highest BCUT2D eigenvalue weighted by molar-refractivity contribution is 5.56. The zero-order chi connectivity index (χ0) is 15.3. The summed E-state index contributed by atoms with van der Waals surface area (Å²) in [6.45, 7) is 1.29. The van der Waals surface area contributed by atoms with E-state index in [-0.39, 0.29) is 0 Å². The Labute approximate surface area is 114 Å². The number of nitro benzene ring substituents is 1. The molecule has 0 aliphatic carbocycles. The van der Waals surface area contributed by atoms with Crippen molar-refractivity contribution in [1.29, 1.82) is 0 Å². The van der Waals surface area contributed by atoms with Gasteiger partial charge in [-0.3, -0.25) is 10.1 Å². The van der Waals surface area contributed by atoms with Crippen LogP contribution in [0.15, 0.2) is 18.2 Å². The summed E-state index contributed by atoms with van der Waals surface area (Å²) in [6.07, 6.45) is -3.99. The zero-order valence-corrected chi connectivity index (χ0v) is 11.2. The van der Waals surface area contributed by atoms with Gasteiger partial charge < -0.3 is 10.2 Å². The van der Waals surface area contributed by atoms with Gasteiger partial charge in [0.2, 0.25) is 0 Å². The quantitative estimate of drug-likeness (QED) is 0.497. The van der Waals surface area contributed by atoms with Crippen LogP contribution in [0.5, 0.6) is 0 Å². The Balaban J connectivity index is 3.03. The summed E-state index contributed by atoms with van der Waals surface area (Å²) < 4.78 is 38.5. The number of nitrogens with one attached hydrogen (secondary N) is 1. The zero-order valence-electron chi connectivity index (χ0n) is 11.2. The second-order valence-electron chi connectivity index (χ2n) is 4.33. The minimum absolute atomic E-state index is 0.305. The molecular formula is C12H16F3N3O2. The lowest BCUT2D eigenvalue weighted by Gasteiger charge is -2.20. The van der Waals surface area contributed by atoms with Gasteiger partial charge in [0.1, 0.15) is 5.56 Å². The summed E-state index contributed by atoms with van der Waals surface area (Å²) in [7, 11) is 3.44. The summed E-state index contributed by atoms with van der Waals surface area (Å²) in [5.74, 6) is 0. The molecule has 0 saturated carbocycles. The molecule has 0 aromatic heterocycles. The van der Waals surface area contributed by atoms with E-state index in [1.165, 1.54) is 6.07 Å². The molecule has 0 atom stereocenters. The van der Waals surface area contributed by atoms with Crippen molar-refractivity contribution in [3.05, 3.63) is 33.9 Å². The number of alkyl halides is 3. The Morgan fingerprint density at radius 2 is 2.05 bits per heavy atom. The molecule has 0 heterocycles. The van der Waals surface area contributed by atoms with Crippen LogP contribution in [0.2, 0.25) is 0 Å². The van der Waals surface area contributed by atoms with Crippen molar-refractivity contribution in [3.8, 4) is 0 Å². The fourth-order valence-electron chi connectivity index (χ4n) is 1.77. The number of benzene rings is 1. The maximum Gasteiger partial charge on any atom is 0.423 e. The van der Waals surface area contributed by atoms with E-state index >= 15 is 0 Å². The molecule has 0 bridgehead atoms.